The second-order valence-corrected chi connectivity index (χ2v) is 7.17. The van der Waals surface area contributed by atoms with E-state index in [0.717, 1.165) is 25.7 Å². The SMILES string of the molecule is C=CCN1[C@H](CC(=O)Nc2cccc(Cl)c2)C(=O)N[C@@H]2CCCC[C@@H]21. The summed E-state index contributed by atoms with van der Waals surface area (Å²) < 4.78 is 0. The molecule has 5 nitrogen and oxygen atoms in total. The summed E-state index contributed by atoms with van der Waals surface area (Å²) in [5, 5.41) is 6.51. The van der Waals surface area contributed by atoms with Gasteiger partial charge < -0.3 is 10.6 Å². The van der Waals surface area contributed by atoms with Crippen LogP contribution in [0.4, 0.5) is 5.69 Å². The molecule has 1 aromatic carbocycles. The van der Waals surface area contributed by atoms with Crippen LogP contribution in [0, 0.1) is 0 Å². The molecule has 3 rings (SSSR count). The van der Waals surface area contributed by atoms with Crippen LogP contribution >= 0.6 is 11.6 Å². The summed E-state index contributed by atoms with van der Waals surface area (Å²) >= 11 is 5.95. The Morgan fingerprint density at radius 1 is 1.40 bits per heavy atom. The minimum absolute atomic E-state index is 0.0637. The number of benzene rings is 1. The molecule has 2 N–H and O–H groups in total. The molecule has 1 aliphatic heterocycles. The topological polar surface area (TPSA) is 61.4 Å². The van der Waals surface area contributed by atoms with Crippen LogP contribution in [0.5, 0.6) is 0 Å². The zero-order chi connectivity index (χ0) is 17.8. The minimum atomic E-state index is -0.462. The number of piperazine rings is 1. The maximum absolute atomic E-state index is 12.6. The van der Waals surface area contributed by atoms with Crippen molar-refractivity contribution in [2.75, 3.05) is 11.9 Å². The number of amides is 2. The fraction of sp³-hybridized carbons (Fsp3) is 0.474. The van der Waals surface area contributed by atoms with Gasteiger partial charge in [0.15, 0.2) is 0 Å². The minimum Gasteiger partial charge on any atom is -0.350 e. The smallest absolute Gasteiger partial charge is 0.238 e. The predicted molar refractivity (Wildman–Crippen MR) is 99.6 cm³/mol. The number of carbonyl (C=O) groups excluding carboxylic acids is 2. The number of fused-ring (bicyclic) bond motifs is 1. The van der Waals surface area contributed by atoms with Gasteiger partial charge in [0.1, 0.15) is 0 Å². The molecule has 1 heterocycles. The summed E-state index contributed by atoms with van der Waals surface area (Å²) in [7, 11) is 0. The lowest BCUT2D eigenvalue weighted by Crippen LogP contribution is -2.66. The number of anilines is 1. The average Bonchev–Trinajstić information content (AvgIpc) is 2.58. The first-order valence-electron chi connectivity index (χ1n) is 8.81. The maximum Gasteiger partial charge on any atom is 0.238 e. The highest BCUT2D eigenvalue weighted by molar-refractivity contribution is 6.30. The second-order valence-electron chi connectivity index (χ2n) is 6.73. The molecule has 134 valence electrons. The van der Waals surface area contributed by atoms with Crippen LogP contribution in [0.3, 0.4) is 0 Å². The molecular weight excluding hydrogens is 338 g/mol. The van der Waals surface area contributed by atoms with Crippen molar-refractivity contribution in [3.05, 3.63) is 41.9 Å². The average molecular weight is 362 g/mol. The normalized spacial score (nSPS) is 26.4. The lowest BCUT2D eigenvalue weighted by molar-refractivity contribution is -0.137. The van der Waals surface area contributed by atoms with E-state index in [1.807, 2.05) is 6.08 Å². The Hall–Kier alpha value is -1.85. The molecule has 0 aromatic heterocycles. The van der Waals surface area contributed by atoms with E-state index in [-0.39, 0.29) is 30.3 Å². The molecular formula is C19H24ClN3O2. The van der Waals surface area contributed by atoms with Crippen molar-refractivity contribution in [1.29, 1.82) is 0 Å². The quantitative estimate of drug-likeness (QED) is 0.792. The van der Waals surface area contributed by atoms with Gasteiger partial charge in [0.05, 0.1) is 12.5 Å². The Balaban J connectivity index is 1.70. The van der Waals surface area contributed by atoms with Crippen LogP contribution in [0.15, 0.2) is 36.9 Å². The molecule has 1 aromatic rings. The van der Waals surface area contributed by atoms with Gasteiger partial charge in [-0.3, -0.25) is 14.5 Å². The van der Waals surface area contributed by atoms with E-state index in [1.165, 1.54) is 0 Å². The van der Waals surface area contributed by atoms with Gasteiger partial charge in [-0.1, -0.05) is 36.6 Å². The lowest BCUT2D eigenvalue weighted by atomic mass is 9.85. The number of carbonyl (C=O) groups is 2. The molecule has 25 heavy (non-hydrogen) atoms. The summed E-state index contributed by atoms with van der Waals surface area (Å²) in [6.45, 7) is 4.43. The Morgan fingerprint density at radius 2 is 2.20 bits per heavy atom. The maximum atomic E-state index is 12.6. The number of nitrogens with one attached hydrogen (secondary N) is 2. The van der Waals surface area contributed by atoms with E-state index in [4.69, 9.17) is 11.6 Å². The van der Waals surface area contributed by atoms with Crippen LogP contribution in [0.2, 0.25) is 5.02 Å². The summed E-state index contributed by atoms with van der Waals surface area (Å²) in [6, 6.07) is 7.02. The third-order valence-corrected chi connectivity index (χ3v) is 5.25. The van der Waals surface area contributed by atoms with Crippen molar-refractivity contribution in [3.8, 4) is 0 Å². The summed E-state index contributed by atoms with van der Waals surface area (Å²) in [5.41, 5.74) is 0.638. The van der Waals surface area contributed by atoms with Crippen molar-refractivity contribution < 1.29 is 9.59 Å². The molecule has 6 heteroatoms. The number of nitrogens with zero attached hydrogens (tertiary/aromatic N) is 1. The number of halogens is 1. The Labute approximate surface area is 153 Å². The van der Waals surface area contributed by atoms with Gasteiger partial charge in [0.2, 0.25) is 11.8 Å². The van der Waals surface area contributed by atoms with E-state index >= 15 is 0 Å². The van der Waals surface area contributed by atoms with E-state index in [0.29, 0.717) is 17.3 Å². The van der Waals surface area contributed by atoms with Gasteiger partial charge in [0.25, 0.3) is 0 Å². The fourth-order valence-corrected chi connectivity index (χ4v) is 4.10. The molecule has 1 saturated heterocycles. The Kier molecular flexibility index (Phi) is 5.76. The lowest BCUT2D eigenvalue weighted by Gasteiger charge is -2.47. The van der Waals surface area contributed by atoms with Gasteiger partial charge in [-0.15, -0.1) is 6.58 Å². The molecule has 0 spiro atoms. The number of hydrogen-bond donors (Lipinski definition) is 2. The molecule has 2 amide bonds. The monoisotopic (exact) mass is 361 g/mol. The molecule has 1 saturated carbocycles. The highest BCUT2D eigenvalue weighted by Crippen LogP contribution is 2.29. The van der Waals surface area contributed by atoms with Crippen molar-refractivity contribution in [2.24, 2.45) is 0 Å². The van der Waals surface area contributed by atoms with Crippen LogP contribution in [0.25, 0.3) is 0 Å². The number of hydrogen-bond acceptors (Lipinski definition) is 3. The van der Waals surface area contributed by atoms with Crippen LogP contribution in [0.1, 0.15) is 32.1 Å². The third-order valence-electron chi connectivity index (χ3n) is 5.01. The van der Waals surface area contributed by atoms with E-state index in [2.05, 4.69) is 22.1 Å². The van der Waals surface area contributed by atoms with E-state index in [9.17, 15) is 9.59 Å². The van der Waals surface area contributed by atoms with Gasteiger partial charge in [-0.2, -0.15) is 0 Å². The second kappa shape index (κ2) is 8.02. The molecule has 3 atom stereocenters. The van der Waals surface area contributed by atoms with Crippen molar-refractivity contribution in [3.63, 3.8) is 0 Å². The summed E-state index contributed by atoms with van der Waals surface area (Å²) in [5.74, 6) is -0.253. The van der Waals surface area contributed by atoms with Crippen molar-refractivity contribution in [2.45, 2.75) is 50.2 Å². The fourth-order valence-electron chi connectivity index (χ4n) is 3.91. The summed E-state index contributed by atoms with van der Waals surface area (Å²) in [4.78, 5) is 27.2. The van der Waals surface area contributed by atoms with Gasteiger partial charge >= 0.3 is 0 Å². The first-order valence-corrected chi connectivity index (χ1v) is 9.18. The van der Waals surface area contributed by atoms with Gasteiger partial charge in [0, 0.05) is 29.3 Å². The first kappa shape index (κ1) is 18.0. The largest absolute Gasteiger partial charge is 0.350 e. The zero-order valence-corrected chi connectivity index (χ0v) is 15.0. The predicted octanol–water partition coefficient (Wildman–Crippen LogP) is 2.97. The molecule has 0 radical (unpaired) electrons. The summed E-state index contributed by atoms with van der Waals surface area (Å²) in [6.07, 6.45) is 6.29. The molecule has 2 fully saturated rings. The van der Waals surface area contributed by atoms with Crippen molar-refractivity contribution >= 4 is 29.1 Å². The molecule has 0 bridgehead atoms. The van der Waals surface area contributed by atoms with Crippen molar-refractivity contribution in [1.82, 2.24) is 10.2 Å². The van der Waals surface area contributed by atoms with E-state index < -0.39 is 6.04 Å². The third kappa shape index (κ3) is 4.22. The standard InChI is InChI=1S/C19H24ClN3O2/c1-2-10-23-16-9-4-3-8-15(16)22-19(25)17(23)12-18(24)21-14-7-5-6-13(20)11-14/h2,5-7,11,15-17H,1,3-4,8-10,12H2,(H,21,24)(H,22,25)/t15-,16+,17-/m1/s1. The Bertz CT molecular complexity index is 664. The molecule has 0 unspecified atom stereocenters. The van der Waals surface area contributed by atoms with E-state index in [1.54, 1.807) is 24.3 Å². The van der Waals surface area contributed by atoms with Crippen LogP contribution < -0.4 is 10.6 Å². The van der Waals surface area contributed by atoms with Crippen LogP contribution in [-0.4, -0.2) is 41.4 Å². The highest BCUT2D eigenvalue weighted by Gasteiger charge is 2.42. The zero-order valence-electron chi connectivity index (χ0n) is 14.2. The molecule has 1 aliphatic carbocycles. The van der Waals surface area contributed by atoms with Gasteiger partial charge in [-0.05, 0) is 31.0 Å². The number of rotatable bonds is 5. The highest BCUT2D eigenvalue weighted by atomic mass is 35.5. The molecule has 2 aliphatic rings. The first-order chi connectivity index (χ1) is 12.1. The van der Waals surface area contributed by atoms with Crippen LogP contribution in [-0.2, 0) is 9.59 Å². The Morgan fingerprint density at radius 3 is 2.96 bits per heavy atom. The van der Waals surface area contributed by atoms with Gasteiger partial charge in [-0.25, -0.2) is 0 Å².